The summed E-state index contributed by atoms with van der Waals surface area (Å²) in [4.78, 5) is 26.1. The first-order valence-electron chi connectivity index (χ1n) is 15.0. The zero-order chi connectivity index (χ0) is 32.2. The van der Waals surface area contributed by atoms with Gasteiger partial charge in [0.2, 0.25) is 0 Å². The van der Waals surface area contributed by atoms with E-state index in [4.69, 9.17) is 4.74 Å². The third-order valence-electron chi connectivity index (χ3n) is 8.37. The monoisotopic (exact) mass is 615 g/mol. The number of benzene rings is 5. The number of esters is 1. The zero-order valence-electron chi connectivity index (χ0n) is 24.8. The Kier molecular flexibility index (Phi) is 8.61. The molecule has 0 heterocycles. The second kappa shape index (κ2) is 13.1. The van der Waals surface area contributed by atoms with Crippen LogP contribution in [-0.2, 0) is 20.7 Å². The molecule has 0 saturated heterocycles. The first-order valence-corrected chi connectivity index (χ1v) is 15.0. The van der Waals surface area contributed by atoms with Gasteiger partial charge in [0.05, 0.1) is 0 Å². The van der Waals surface area contributed by atoms with Gasteiger partial charge < -0.3 is 30.5 Å². The third kappa shape index (κ3) is 6.97. The van der Waals surface area contributed by atoms with Crippen LogP contribution in [0.5, 0.6) is 23.0 Å². The fraction of sp³-hybridized carbons (Fsp3) is 0.158. The summed E-state index contributed by atoms with van der Waals surface area (Å²) in [6.07, 6.45) is 2.78. The number of phenols is 4. The molecule has 8 heteroatoms. The Morgan fingerprint density at radius 1 is 0.739 bits per heavy atom. The van der Waals surface area contributed by atoms with Gasteiger partial charge in [-0.25, -0.2) is 4.79 Å². The van der Waals surface area contributed by atoms with Crippen molar-refractivity contribution in [2.75, 3.05) is 0 Å². The lowest BCUT2D eigenvalue weighted by atomic mass is 9.75. The number of amides is 1. The number of hydrogen-bond donors (Lipinski definition) is 5. The number of phenolic OH excluding ortho intramolecular Hbond substituents is 4. The van der Waals surface area contributed by atoms with Crippen molar-refractivity contribution in [1.29, 1.82) is 0 Å². The molecular formula is C38H33NO7. The summed E-state index contributed by atoms with van der Waals surface area (Å²) in [5.74, 6) is -2.23. The highest BCUT2D eigenvalue weighted by Crippen LogP contribution is 2.38. The molecule has 1 amide bonds. The van der Waals surface area contributed by atoms with Gasteiger partial charge in [0.15, 0.2) is 29.1 Å². The average Bonchev–Trinajstić information content (AvgIpc) is 3.04. The van der Waals surface area contributed by atoms with E-state index in [9.17, 15) is 30.0 Å². The molecule has 0 aliphatic heterocycles. The third-order valence-corrected chi connectivity index (χ3v) is 8.37. The summed E-state index contributed by atoms with van der Waals surface area (Å²) in [6, 6.07) is 31.4. The molecule has 1 atom stereocenters. The van der Waals surface area contributed by atoms with Crippen molar-refractivity contribution < 1.29 is 34.8 Å². The Morgan fingerprint density at radius 3 is 2.13 bits per heavy atom. The van der Waals surface area contributed by atoms with Crippen molar-refractivity contribution in [2.24, 2.45) is 0 Å². The number of ether oxygens (including phenoxy) is 1. The fourth-order valence-electron chi connectivity index (χ4n) is 5.70. The number of aromatic hydroxyl groups is 4. The van der Waals surface area contributed by atoms with Crippen LogP contribution in [0.25, 0.3) is 28.0 Å². The van der Waals surface area contributed by atoms with E-state index in [1.54, 1.807) is 6.07 Å². The van der Waals surface area contributed by atoms with Crippen LogP contribution in [0.15, 0.2) is 109 Å². The van der Waals surface area contributed by atoms with E-state index in [2.05, 4.69) is 59.9 Å². The lowest BCUT2D eigenvalue weighted by molar-refractivity contribution is -0.151. The van der Waals surface area contributed by atoms with Gasteiger partial charge in [-0.1, -0.05) is 72.8 Å². The van der Waals surface area contributed by atoms with E-state index in [1.165, 1.54) is 52.7 Å². The molecule has 232 valence electrons. The summed E-state index contributed by atoms with van der Waals surface area (Å²) in [5, 5.41) is 44.2. The molecule has 5 aromatic carbocycles. The van der Waals surface area contributed by atoms with Crippen LogP contribution < -0.4 is 5.32 Å². The van der Waals surface area contributed by atoms with E-state index >= 15 is 0 Å². The second-order valence-corrected chi connectivity index (χ2v) is 11.6. The van der Waals surface area contributed by atoms with Crippen LogP contribution in [0.4, 0.5) is 0 Å². The molecule has 6 rings (SSSR count). The van der Waals surface area contributed by atoms with Gasteiger partial charge >= 0.3 is 5.97 Å². The largest absolute Gasteiger partial charge is 0.504 e. The second-order valence-electron chi connectivity index (χ2n) is 11.6. The normalized spacial score (nSPS) is 16.5. The van der Waals surface area contributed by atoms with Gasteiger partial charge in [-0.3, -0.25) is 4.79 Å². The zero-order valence-corrected chi connectivity index (χ0v) is 24.8. The topological polar surface area (TPSA) is 136 Å². The lowest BCUT2D eigenvalue weighted by Crippen LogP contribution is -2.48. The predicted molar refractivity (Wildman–Crippen MR) is 175 cm³/mol. The first kappa shape index (κ1) is 30.3. The van der Waals surface area contributed by atoms with E-state index in [0.29, 0.717) is 11.1 Å². The Labute approximate surface area is 265 Å². The number of carbonyl (C=O) groups excluding carboxylic acids is 2. The quantitative estimate of drug-likeness (QED) is 0.0720. The molecule has 46 heavy (non-hydrogen) atoms. The Hall–Kier alpha value is -5.76. The summed E-state index contributed by atoms with van der Waals surface area (Å²) < 4.78 is 5.53. The summed E-state index contributed by atoms with van der Waals surface area (Å²) >= 11 is 0. The average molecular weight is 616 g/mol. The van der Waals surface area contributed by atoms with E-state index in [-0.39, 0.29) is 41.4 Å². The molecule has 0 bridgehead atoms. The highest BCUT2D eigenvalue weighted by Gasteiger charge is 2.34. The molecule has 0 unspecified atom stereocenters. The molecule has 5 aromatic rings. The smallest absolute Gasteiger partial charge is 0.331 e. The van der Waals surface area contributed by atoms with Crippen molar-refractivity contribution in [2.45, 2.75) is 37.3 Å². The Morgan fingerprint density at radius 2 is 1.41 bits per heavy atom. The molecule has 8 nitrogen and oxygen atoms in total. The van der Waals surface area contributed by atoms with Gasteiger partial charge in [-0.2, -0.15) is 0 Å². The number of rotatable bonds is 9. The number of nitrogens with one attached hydrogen (secondary N) is 1. The molecule has 1 aliphatic rings. The van der Waals surface area contributed by atoms with E-state index < -0.39 is 18.0 Å². The highest BCUT2D eigenvalue weighted by molar-refractivity contribution is 5.91. The molecule has 1 saturated carbocycles. The van der Waals surface area contributed by atoms with Gasteiger partial charge in [-0.05, 0) is 93.8 Å². The SMILES string of the molecule is O=C(/C=C/c1ccc(O)c(O)c1)O[C@H](Cc1ccc(O)c(O)c1)C(=O)NC1CC(c2ccc(-c3ccc4ccccc4c3)cc2)C1. The predicted octanol–water partition coefficient (Wildman–Crippen LogP) is 6.56. The minimum atomic E-state index is -1.20. The molecular weight excluding hydrogens is 582 g/mol. The Bertz CT molecular complexity index is 1930. The Balaban J connectivity index is 1.08. The fourth-order valence-corrected chi connectivity index (χ4v) is 5.70. The molecule has 5 N–H and O–H groups in total. The van der Waals surface area contributed by atoms with E-state index in [1.807, 2.05) is 12.1 Å². The summed E-state index contributed by atoms with van der Waals surface area (Å²) in [7, 11) is 0. The van der Waals surface area contributed by atoms with Crippen molar-refractivity contribution in [3.8, 4) is 34.1 Å². The van der Waals surface area contributed by atoms with Crippen molar-refractivity contribution in [3.63, 3.8) is 0 Å². The van der Waals surface area contributed by atoms with Crippen LogP contribution in [-0.4, -0.2) is 44.4 Å². The first-order chi connectivity index (χ1) is 22.2. The molecule has 0 aromatic heterocycles. The van der Waals surface area contributed by atoms with Crippen molar-refractivity contribution in [3.05, 3.63) is 126 Å². The number of carbonyl (C=O) groups is 2. The van der Waals surface area contributed by atoms with Crippen molar-refractivity contribution >= 4 is 28.7 Å². The maximum absolute atomic E-state index is 13.3. The maximum atomic E-state index is 13.3. The lowest BCUT2D eigenvalue weighted by Gasteiger charge is -2.37. The minimum absolute atomic E-state index is 0.0222. The van der Waals surface area contributed by atoms with Gasteiger partial charge in [0, 0.05) is 18.5 Å². The molecule has 1 aliphatic carbocycles. The number of hydrogen-bond acceptors (Lipinski definition) is 7. The van der Waals surface area contributed by atoms with Crippen molar-refractivity contribution in [1.82, 2.24) is 5.32 Å². The van der Waals surface area contributed by atoms with Gasteiger partial charge in [0.1, 0.15) is 0 Å². The van der Waals surface area contributed by atoms with Crippen LogP contribution in [0.1, 0.15) is 35.4 Å². The van der Waals surface area contributed by atoms with Crippen LogP contribution in [0.2, 0.25) is 0 Å². The van der Waals surface area contributed by atoms with E-state index in [0.717, 1.165) is 30.0 Å². The molecule has 0 radical (unpaired) electrons. The summed E-state index contributed by atoms with van der Waals surface area (Å²) in [6.45, 7) is 0. The minimum Gasteiger partial charge on any atom is -0.504 e. The maximum Gasteiger partial charge on any atom is 0.331 e. The number of fused-ring (bicyclic) bond motifs is 1. The standard InChI is InChI=1S/C38H33NO7/c40-32-14-5-23(17-34(32)42)7-16-37(44)46-36(19-24-6-15-33(41)35(43)18-24)38(45)39-31-21-30(22-31)27-10-8-26(9-11-27)29-13-12-25-3-1-2-4-28(25)20-29/h1-18,20,30-31,36,40-43H,19,21-22H2,(H,39,45)/b16-7+/t30?,31?,36-/m1/s1. The molecule has 0 spiro atoms. The molecule has 1 fully saturated rings. The summed E-state index contributed by atoms with van der Waals surface area (Å²) in [5.41, 5.74) is 4.43. The van der Waals surface area contributed by atoms with Crippen LogP contribution in [0, 0.1) is 0 Å². The van der Waals surface area contributed by atoms with Crippen LogP contribution >= 0.6 is 0 Å². The van der Waals surface area contributed by atoms with Gasteiger partial charge in [0.25, 0.3) is 5.91 Å². The van der Waals surface area contributed by atoms with Crippen LogP contribution in [0.3, 0.4) is 0 Å². The van der Waals surface area contributed by atoms with Gasteiger partial charge in [-0.15, -0.1) is 0 Å². The highest BCUT2D eigenvalue weighted by atomic mass is 16.5.